The van der Waals surface area contributed by atoms with E-state index in [1.165, 1.54) is 6.21 Å². The van der Waals surface area contributed by atoms with E-state index in [1.807, 2.05) is 38.1 Å². The first-order chi connectivity index (χ1) is 13.4. The molecule has 1 amide bonds. The number of furan rings is 1. The van der Waals surface area contributed by atoms with Crippen molar-refractivity contribution in [3.05, 3.63) is 75.5 Å². The molecule has 0 fully saturated rings. The monoisotopic (exact) mass is 416 g/mol. The standard InChI is InChI=1S/C21H18Cl2N2O3/c1-13-3-4-15(10-19(13)23)20-8-6-17(28-20)11-24-25-21(26)12-27-16-5-7-18(22)14(2)9-16/h3-11H,12H2,1-2H3,(H,25,26)/b24-11+. The number of carbonyl (C=O) groups is 1. The quantitative estimate of drug-likeness (QED) is 0.432. The van der Waals surface area contributed by atoms with Gasteiger partial charge < -0.3 is 9.15 Å². The largest absolute Gasteiger partial charge is 0.484 e. The predicted octanol–water partition coefficient (Wildman–Crippen LogP) is 5.40. The van der Waals surface area contributed by atoms with E-state index in [4.69, 9.17) is 32.4 Å². The van der Waals surface area contributed by atoms with Gasteiger partial charge in [0.05, 0.1) is 6.21 Å². The van der Waals surface area contributed by atoms with E-state index in [2.05, 4.69) is 10.5 Å². The fourth-order valence-corrected chi connectivity index (χ4v) is 2.68. The number of halogens is 2. The molecule has 3 rings (SSSR count). The minimum absolute atomic E-state index is 0.163. The van der Waals surface area contributed by atoms with E-state index in [-0.39, 0.29) is 12.5 Å². The number of hydrogen-bond acceptors (Lipinski definition) is 4. The molecule has 7 heteroatoms. The first-order valence-corrected chi connectivity index (χ1v) is 9.25. The minimum atomic E-state index is -0.388. The number of hydrazone groups is 1. The summed E-state index contributed by atoms with van der Waals surface area (Å²) in [5, 5.41) is 5.20. The molecule has 0 aliphatic rings. The van der Waals surface area contributed by atoms with Crippen molar-refractivity contribution in [3.8, 4) is 17.1 Å². The van der Waals surface area contributed by atoms with Crippen LogP contribution in [0.5, 0.6) is 5.75 Å². The van der Waals surface area contributed by atoms with Crippen LogP contribution < -0.4 is 10.2 Å². The van der Waals surface area contributed by atoms with Crippen molar-refractivity contribution < 1.29 is 13.9 Å². The van der Waals surface area contributed by atoms with Gasteiger partial charge >= 0.3 is 0 Å². The Morgan fingerprint density at radius 3 is 2.64 bits per heavy atom. The van der Waals surface area contributed by atoms with Gasteiger partial charge in [-0.25, -0.2) is 5.43 Å². The van der Waals surface area contributed by atoms with Crippen molar-refractivity contribution >= 4 is 35.3 Å². The SMILES string of the molecule is Cc1cc(OCC(=O)N/N=C/c2ccc(-c3ccc(C)c(Cl)c3)o2)ccc1Cl. The van der Waals surface area contributed by atoms with Crippen molar-refractivity contribution in [1.82, 2.24) is 5.43 Å². The summed E-state index contributed by atoms with van der Waals surface area (Å²) in [6.45, 7) is 3.64. The van der Waals surface area contributed by atoms with Gasteiger partial charge in [-0.3, -0.25) is 4.79 Å². The number of rotatable bonds is 6. The maximum atomic E-state index is 11.8. The highest BCUT2D eigenvalue weighted by Gasteiger charge is 2.06. The first kappa shape index (κ1) is 20.0. The van der Waals surface area contributed by atoms with Crippen LogP contribution >= 0.6 is 23.2 Å². The molecule has 0 saturated carbocycles. The summed E-state index contributed by atoms with van der Waals surface area (Å²) in [5.41, 5.74) is 5.13. The van der Waals surface area contributed by atoms with Crippen LogP contribution in [-0.2, 0) is 4.79 Å². The zero-order valence-electron chi connectivity index (χ0n) is 15.3. The van der Waals surface area contributed by atoms with Crippen LogP contribution in [0.1, 0.15) is 16.9 Å². The molecule has 0 spiro atoms. The van der Waals surface area contributed by atoms with Crippen molar-refractivity contribution in [2.45, 2.75) is 13.8 Å². The van der Waals surface area contributed by atoms with Gasteiger partial charge in [-0.05, 0) is 61.4 Å². The van der Waals surface area contributed by atoms with E-state index < -0.39 is 0 Å². The maximum Gasteiger partial charge on any atom is 0.277 e. The molecule has 144 valence electrons. The molecule has 0 radical (unpaired) electrons. The summed E-state index contributed by atoms with van der Waals surface area (Å²) < 4.78 is 11.1. The molecule has 1 aromatic heterocycles. The van der Waals surface area contributed by atoms with Crippen molar-refractivity contribution in [2.24, 2.45) is 5.10 Å². The summed E-state index contributed by atoms with van der Waals surface area (Å²) in [4.78, 5) is 11.8. The van der Waals surface area contributed by atoms with E-state index in [1.54, 1.807) is 24.3 Å². The zero-order chi connectivity index (χ0) is 20.1. The molecule has 1 N–H and O–H groups in total. The Balaban J connectivity index is 1.53. The zero-order valence-corrected chi connectivity index (χ0v) is 16.8. The van der Waals surface area contributed by atoms with Gasteiger partial charge in [0.25, 0.3) is 5.91 Å². The van der Waals surface area contributed by atoms with Crippen LogP contribution in [0.3, 0.4) is 0 Å². The lowest BCUT2D eigenvalue weighted by atomic mass is 10.1. The van der Waals surface area contributed by atoms with Gasteiger partial charge in [0.2, 0.25) is 0 Å². The second-order valence-corrected chi connectivity index (χ2v) is 6.97. The molecule has 0 saturated heterocycles. The number of ether oxygens (including phenoxy) is 1. The summed E-state index contributed by atoms with van der Waals surface area (Å²) in [7, 11) is 0. The summed E-state index contributed by atoms with van der Waals surface area (Å²) in [6.07, 6.45) is 1.42. The van der Waals surface area contributed by atoms with E-state index in [9.17, 15) is 4.79 Å². The van der Waals surface area contributed by atoms with Gasteiger partial charge in [0.1, 0.15) is 17.3 Å². The third kappa shape index (κ3) is 5.15. The third-order valence-electron chi connectivity index (χ3n) is 3.96. The van der Waals surface area contributed by atoms with Crippen LogP contribution in [0.15, 0.2) is 58.0 Å². The molecule has 1 heterocycles. The highest BCUT2D eigenvalue weighted by atomic mass is 35.5. The normalized spacial score (nSPS) is 11.0. The van der Waals surface area contributed by atoms with E-state index in [0.29, 0.717) is 27.3 Å². The van der Waals surface area contributed by atoms with Crippen molar-refractivity contribution in [3.63, 3.8) is 0 Å². The van der Waals surface area contributed by atoms with Gasteiger partial charge in [-0.1, -0.05) is 35.3 Å². The fourth-order valence-electron chi connectivity index (χ4n) is 2.38. The number of hydrogen-bond donors (Lipinski definition) is 1. The lowest BCUT2D eigenvalue weighted by molar-refractivity contribution is -0.123. The first-order valence-electron chi connectivity index (χ1n) is 8.49. The van der Waals surface area contributed by atoms with Crippen LogP contribution in [0.2, 0.25) is 10.0 Å². The smallest absolute Gasteiger partial charge is 0.277 e. The Bertz CT molecular complexity index is 1030. The van der Waals surface area contributed by atoms with Crippen molar-refractivity contribution in [1.29, 1.82) is 0 Å². The minimum Gasteiger partial charge on any atom is -0.484 e. The van der Waals surface area contributed by atoms with Gasteiger partial charge in [0.15, 0.2) is 6.61 Å². The molecule has 0 atom stereocenters. The lowest BCUT2D eigenvalue weighted by Crippen LogP contribution is -2.24. The number of amides is 1. The number of nitrogens with one attached hydrogen (secondary N) is 1. The molecule has 5 nitrogen and oxygen atoms in total. The second kappa shape index (κ2) is 8.95. The average Bonchev–Trinajstić information content (AvgIpc) is 3.14. The van der Waals surface area contributed by atoms with Gasteiger partial charge in [0, 0.05) is 15.6 Å². The van der Waals surface area contributed by atoms with E-state index in [0.717, 1.165) is 16.7 Å². The molecule has 0 bridgehead atoms. The lowest BCUT2D eigenvalue weighted by Gasteiger charge is -2.06. The Morgan fingerprint density at radius 2 is 1.89 bits per heavy atom. The number of carbonyl (C=O) groups excluding carboxylic acids is 1. The maximum absolute atomic E-state index is 11.8. The molecule has 2 aromatic carbocycles. The summed E-state index contributed by atoms with van der Waals surface area (Å²) >= 11 is 12.1. The Hall–Kier alpha value is -2.76. The summed E-state index contributed by atoms with van der Waals surface area (Å²) in [6, 6.07) is 14.5. The van der Waals surface area contributed by atoms with Gasteiger partial charge in [-0.2, -0.15) is 5.10 Å². The molecule has 28 heavy (non-hydrogen) atoms. The molecule has 0 unspecified atom stereocenters. The van der Waals surface area contributed by atoms with Crippen molar-refractivity contribution in [2.75, 3.05) is 6.61 Å². The summed E-state index contributed by atoms with van der Waals surface area (Å²) in [5.74, 6) is 1.34. The van der Waals surface area contributed by atoms with Crippen LogP contribution in [-0.4, -0.2) is 18.7 Å². The topological polar surface area (TPSA) is 63.8 Å². The number of aryl methyl sites for hydroxylation is 2. The predicted molar refractivity (Wildman–Crippen MR) is 111 cm³/mol. The Labute approximate surface area is 172 Å². The van der Waals surface area contributed by atoms with Crippen LogP contribution in [0, 0.1) is 13.8 Å². The average molecular weight is 417 g/mol. The molecular formula is C21H18Cl2N2O3. The highest BCUT2D eigenvalue weighted by Crippen LogP contribution is 2.26. The Morgan fingerprint density at radius 1 is 1.07 bits per heavy atom. The fraction of sp³-hybridized carbons (Fsp3) is 0.143. The number of benzene rings is 2. The molecule has 3 aromatic rings. The number of nitrogens with zero attached hydrogens (tertiary/aromatic N) is 1. The molecule has 0 aliphatic carbocycles. The third-order valence-corrected chi connectivity index (χ3v) is 4.79. The molecular weight excluding hydrogens is 399 g/mol. The highest BCUT2D eigenvalue weighted by molar-refractivity contribution is 6.31. The second-order valence-electron chi connectivity index (χ2n) is 6.16. The Kier molecular flexibility index (Phi) is 6.39. The van der Waals surface area contributed by atoms with E-state index >= 15 is 0 Å². The van der Waals surface area contributed by atoms with Crippen LogP contribution in [0.25, 0.3) is 11.3 Å². The van der Waals surface area contributed by atoms with Gasteiger partial charge in [-0.15, -0.1) is 0 Å². The molecule has 0 aliphatic heterocycles. The van der Waals surface area contributed by atoms with Crippen LogP contribution in [0.4, 0.5) is 0 Å².